The summed E-state index contributed by atoms with van der Waals surface area (Å²) >= 11 is 17.7. The molecular weight excluding hydrogens is 1930 g/mol. The fraction of sp³-hybridized carbons (Fsp3) is 0.393. The molecule has 0 bridgehead atoms. The number of aromatic nitrogens is 21. The summed E-state index contributed by atoms with van der Waals surface area (Å²) in [5, 5.41) is 72.7. The number of hydrogen-bond donors (Lipinski definition) is 12. The summed E-state index contributed by atoms with van der Waals surface area (Å²) in [7, 11) is 4.02. The van der Waals surface area contributed by atoms with E-state index in [0.717, 1.165) is 220 Å². The molecule has 3 saturated heterocycles. The average molecular weight is 2040 g/mol. The molecule has 2 unspecified atom stereocenters. The van der Waals surface area contributed by atoms with Crippen LogP contribution in [0.3, 0.4) is 0 Å². The average Bonchev–Trinajstić information content (AvgIpc) is 1.68. The maximum absolute atomic E-state index is 9.69. The number of aliphatic hydroxyl groups is 2. The van der Waals surface area contributed by atoms with Crippen LogP contribution in [0.25, 0.3) is 50.3 Å². The van der Waals surface area contributed by atoms with Crippen LogP contribution in [0.2, 0.25) is 0 Å². The van der Waals surface area contributed by atoms with E-state index in [1.54, 1.807) is 56.9 Å². The normalized spacial score (nSPS) is 18.5. The minimum absolute atomic E-state index is 0.211. The molecule has 5 aliphatic rings. The topological polar surface area (TPSA) is 387 Å². The van der Waals surface area contributed by atoms with Crippen LogP contribution in [0.1, 0.15) is 147 Å². The summed E-state index contributed by atoms with van der Waals surface area (Å²) in [4.78, 5) is 41.1. The molecule has 17 heterocycles. The number of pyridine rings is 2. The zero-order valence-corrected chi connectivity index (χ0v) is 78.6. The molecular formula is C89H104Br5N31O2. The highest BCUT2D eigenvalue weighted by Crippen LogP contribution is 2.36. The number of benzene rings is 2. The van der Waals surface area contributed by atoms with Crippen LogP contribution in [0.5, 0.6) is 0 Å². The molecule has 16 aromatic rings. The van der Waals surface area contributed by atoms with Gasteiger partial charge in [0.25, 0.3) is 0 Å². The third-order valence-corrected chi connectivity index (χ3v) is 27.1. The standard InChI is InChI=1S/2C20H22BrN7.2C19H23BrN6O.C11H14BrN5/c1-27-12-24-17-8-13(2-3-18(17)27)10-23-19-9-16(14-4-6-22-7-5-14)26-20-15(21)11-25-28(19)20;1-27-12-24-17-7-13(4-5-18(17)27)9-23-19-8-16(14-3-2-6-22-10-14)26-20-15(21)11-25-28(19)20;2*20-15-11-23-26-18(22-10-13-4-3-7-21-9-13)8-17(25-19(15)26)24-16-6-2-1-5-14(16)12-27;12-8-6-15-17-10(13)4-9(16-11(8)17)7-2-1-3-14-5-7/h2-3,8-9,11-12,14,22-23H,4-7,10H2,1H3;4-5,7-8,11-12,14,22-23H,2-3,6,9-10H2,1H3;2*3-4,7-9,11,14,16,22,27H,1-2,5-6,10,12H2,(H,24,25);4,6-7,14H,1-3,5,13H2/t;;2*14-,16-;/m..10./s1. The summed E-state index contributed by atoms with van der Waals surface area (Å²) in [6.45, 7) is 9.36. The molecule has 5 fully saturated rings. The van der Waals surface area contributed by atoms with E-state index in [-0.39, 0.29) is 37.1 Å². The van der Waals surface area contributed by atoms with E-state index >= 15 is 0 Å². The van der Waals surface area contributed by atoms with Gasteiger partial charge in [-0.3, -0.25) is 9.97 Å². The van der Waals surface area contributed by atoms with Gasteiger partial charge < -0.3 is 72.9 Å². The first-order valence-corrected chi connectivity index (χ1v) is 47.5. The van der Waals surface area contributed by atoms with Gasteiger partial charge in [-0.25, -0.2) is 34.9 Å². The predicted octanol–water partition coefficient (Wildman–Crippen LogP) is 15.4. The quantitative estimate of drug-likeness (QED) is 0.0318. The summed E-state index contributed by atoms with van der Waals surface area (Å²) in [6, 6.07) is 31.4. The first-order valence-electron chi connectivity index (χ1n) is 43.5. The Morgan fingerprint density at radius 1 is 0.394 bits per heavy atom. The van der Waals surface area contributed by atoms with Crippen LogP contribution in [-0.2, 0) is 40.3 Å². The minimum atomic E-state index is 0.211. The number of rotatable bonds is 21. The van der Waals surface area contributed by atoms with Gasteiger partial charge in [0, 0.05) is 169 Å². The lowest BCUT2D eigenvalue weighted by molar-refractivity contribution is 0.178. The number of fused-ring (bicyclic) bond motifs is 7. The molecule has 0 radical (unpaired) electrons. The third kappa shape index (κ3) is 21.3. The Morgan fingerprint density at radius 2 is 0.780 bits per heavy atom. The van der Waals surface area contributed by atoms with Crippen molar-refractivity contribution in [2.24, 2.45) is 25.9 Å². The van der Waals surface area contributed by atoms with Gasteiger partial charge in [0.05, 0.1) is 99.5 Å². The number of imidazole rings is 2. The van der Waals surface area contributed by atoms with E-state index in [0.29, 0.717) is 49.8 Å². The smallest absolute Gasteiger partial charge is 0.173 e. The highest BCUT2D eigenvalue weighted by Gasteiger charge is 2.29. The lowest BCUT2D eigenvalue weighted by atomic mass is 9.85. The van der Waals surface area contributed by atoms with Crippen molar-refractivity contribution in [1.82, 2.24) is 118 Å². The first-order chi connectivity index (χ1) is 62.1. The van der Waals surface area contributed by atoms with E-state index in [1.165, 1.54) is 56.1 Å². The van der Waals surface area contributed by atoms with Gasteiger partial charge in [0.1, 0.15) is 40.7 Å². The molecule has 6 atom stereocenters. The molecule has 13 N–H and O–H groups in total. The van der Waals surface area contributed by atoms with Gasteiger partial charge in [-0.2, -0.15) is 48.1 Å². The molecule has 127 heavy (non-hydrogen) atoms. The molecule has 0 spiro atoms. The molecule has 662 valence electrons. The number of nitrogens with two attached hydrogens (primary N) is 1. The van der Waals surface area contributed by atoms with Gasteiger partial charge in [0.15, 0.2) is 28.2 Å². The maximum atomic E-state index is 9.69. The van der Waals surface area contributed by atoms with Crippen molar-refractivity contribution >= 4 is 171 Å². The Balaban J connectivity index is 0.000000113. The van der Waals surface area contributed by atoms with Crippen LogP contribution < -0.4 is 53.6 Å². The van der Waals surface area contributed by atoms with Crippen molar-refractivity contribution in [3.8, 4) is 0 Å². The second-order valence-electron chi connectivity index (χ2n) is 33.0. The number of nitrogen functional groups attached to an aromatic ring is 1. The van der Waals surface area contributed by atoms with E-state index in [9.17, 15) is 10.2 Å². The van der Waals surface area contributed by atoms with E-state index in [2.05, 4.69) is 226 Å². The van der Waals surface area contributed by atoms with Crippen molar-refractivity contribution in [3.63, 3.8) is 0 Å². The number of anilines is 7. The van der Waals surface area contributed by atoms with Gasteiger partial charge in [-0.15, -0.1) is 0 Å². The van der Waals surface area contributed by atoms with Crippen molar-refractivity contribution in [3.05, 3.63) is 221 Å². The Hall–Kier alpha value is -10.4. The van der Waals surface area contributed by atoms with Crippen LogP contribution in [0.4, 0.5) is 40.7 Å². The summed E-state index contributed by atoms with van der Waals surface area (Å²) in [5.74, 6) is 7.78. The summed E-state index contributed by atoms with van der Waals surface area (Å²) < 4.78 is 17.4. The van der Waals surface area contributed by atoms with Crippen LogP contribution in [-0.4, -0.2) is 177 Å². The number of halogens is 5. The molecule has 2 aliphatic carbocycles. The van der Waals surface area contributed by atoms with Gasteiger partial charge in [-0.05, 0) is 229 Å². The van der Waals surface area contributed by atoms with Crippen LogP contribution in [0.15, 0.2) is 182 Å². The number of nitrogens with one attached hydrogen (secondary N) is 9. The van der Waals surface area contributed by atoms with E-state index in [1.807, 2.05) is 99.8 Å². The van der Waals surface area contributed by atoms with Crippen molar-refractivity contribution in [2.75, 3.05) is 90.1 Å². The number of aliphatic hydroxyl groups excluding tert-OH is 2. The van der Waals surface area contributed by atoms with Crippen molar-refractivity contribution in [2.45, 2.75) is 146 Å². The highest BCUT2D eigenvalue weighted by atomic mass is 79.9. The van der Waals surface area contributed by atoms with E-state index in [4.69, 9.17) is 25.7 Å². The maximum Gasteiger partial charge on any atom is 0.173 e. The molecule has 33 nitrogen and oxygen atoms in total. The van der Waals surface area contributed by atoms with Crippen LogP contribution >= 0.6 is 79.6 Å². The second-order valence-corrected chi connectivity index (χ2v) is 37.3. The molecule has 14 aromatic heterocycles. The summed E-state index contributed by atoms with van der Waals surface area (Å²) in [6.07, 6.45) is 35.6. The Bertz CT molecular complexity index is 6040. The predicted molar refractivity (Wildman–Crippen MR) is 514 cm³/mol. The largest absolute Gasteiger partial charge is 0.396 e. The molecule has 2 saturated carbocycles. The fourth-order valence-electron chi connectivity index (χ4n) is 17.3. The molecule has 0 amide bonds. The molecule has 38 heteroatoms. The van der Waals surface area contributed by atoms with Gasteiger partial charge in [-0.1, -0.05) is 49.9 Å². The number of nitrogens with zero attached hydrogens (tertiary/aromatic N) is 21. The summed E-state index contributed by atoms with van der Waals surface area (Å²) in [5.41, 5.74) is 22.2. The second kappa shape index (κ2) is 41.8. The zero-order chi connectivity index (χ0) is 87.3. The molecule has 21 rings (SSSR count). The number of hydrogen-bond acceptors (Lipinski definition) is 26. The van der Waals surface area contributed by atoms with Crippen molar-refractivity contribution in [1.29, 1.82) is 0 Å². The molecule has 3 aliphatic heterocycles. The zero-order valence-electron chi connectivity index (χ0n) is 70.7. The Kier molecular flexibility index (Phi) is 29.1. The lowest BCUT2D eigenvalue weighted by Crippen LogP contribution is -2.34. The minimum Gasteiger partial charge on any atom is -0.396 e. The highest BCUT2D eigenvalue weighted by molar-refractivity contribution is 9.11. The van der Waals surface area contributed by atoms with Crippen LogP contribution in [0, 0.1) is 11.8 Å². The van der Waals surface area contributed by atoms with E-state index < -0.39 is 0 Å². The Morgan fingerprint density at radius 3 is 1.19 bits per heavy atom. The number of piperidine rings is 3. The fourth-order valence-corrected chi connectivity index (χ4v) is 19.1. The van der Waals surface area contributed by atoms with Crippen molar-refractivity contribution < 1.29 is 10.2 Å². The molecule has 2 aromatic carbocycles. The monoisotopic (exact) mass is 2030 g/mol. The SMILES string of the molecule is Cn1cnc2cc(CNc3cc(C4CCCNC4)nc4c(Br)cnn34)ccc21.Cn1cnc2cc(CNc3cc(C4CCNCC4)nc4c(Br)cnn34)ccc21.Nc1cc(C2CCCNC2)nc2c(Br)cnn12.OC[C@@H]1CCCC[C@@H]1Nc1cc(NCc2cccnc2)n2ncc(Br)c2n1.OC[C@H]1CCCC[C@H]1Nc1cc(NCc2cccnc2)n2ncc(Br)c2n1. The lowest BCUT2D eigenvalue weighted by Gasteiger charge is -2.31. The first kappa shape index (κ1) is 88.6. The van der Waals surface area contributed by atoms with Gasteiger partial charge in [0.2, 0.25) is 0 Å². The Labute approximate surface area is 776 Å². The third-order valence-electron chi connectivity index (χ3n) is 24.3. The van der Waals surface area contributed by atoms with Gasteiger partial charge >= 0.3 is 0 Å². The number of aryl methyl sites for hydroxylation is 2.